The number of carbonyl (C=O) groups excluding carboxylic acids is 1. The van der Waals surface area contributed by atoms with Crippen LogP contribution in [0.15, 0.2) is 24.3 Å². The van der Waals surface area contributed by atoms with Crippen molar-refractivity contribution in [1.82, 2.24) is 0 Å². The lowest BCUT2D eigenvalue weighted by Crippen LogP contribution is -2.19. The summed E-state index contributed by atoms with van der Waals surface area (Å²) in [5, 5.41) is 0. The third kappa shape index (κ3) is 3.44. The van der Waals surface area contributed by atoms with Gasteiger partial charge in [0.15, 0.2) is 5.78 Å². The number of rotatable bonds is 5. The summed E-state index contributed by atoms with van der Waals surface area (Å²) >= 11 is 0. The fourth-order valence-electron chi connectivity index (χ4n) is 1.21. The predicted molar refractivity (Wildman–Crippen MR) is 55.9 cm³/mol. The molecule has 0 aliphatic carbocycles. The first-order valence-corrected chi connectivity index (χ1v) is 5.03. The summed E-state index contributed by atoms with van der Waals surface area (Å²) in [6.07, 6.45) is -0.0204. The zero-order chi connectivity index (χ0) is 11.3. The molecule has 3 heteroatoms. The molecule has 0 aliphatic rings. The molecule has 1 unspecified atom stereocenters. The highest BCUT2D eigenvalue weighted by Gasteiger charge is 2.11. The summed E-state index contributed by atoms with van der Waals surface area (Å²) in [7, 11) is 0. The Kier molecular flexibility index (Phi) is 4.43. The molecule has 15 heavy (non-hydrogen) atoms. The van der Waals surface area contributed by atoms with Crippen molar-refractivity contribution >= 4 is 5.78 Å². The van der Waals surface area contributed by atoms with Gasteiger partial charge >= 0.3 is 0 Å². The van der Waals surface area contributed by atoms with E-state index in [1.165, 1.54) is 6.07 Å². The standard InChI is InChI=1S/C12H15FO2/c1-3-12(14)9(2)15-8-10-6-4-5-7-11(10)13/h4-7,9H,3,8H2,1-2H3. The number of ether oxygens (including phenoxy) is 1. The van der Waals surface area contributed by atoms with Crippen molar-refractivity contribution < 1.29 is 13.9 Å². The lowest BCUT2D eigenvalue weighted by Gasteiger charge is -2.11. The van der Waals surface area contributed by atoms with E-state index >= 15 is 0 Å². The van der Waals surface area contributed by atoms with Crippen LogP contribution in [0.3, 0.4) is 0 Å². The van der Waals surface area contributed by atoms with Crippen LogP contribution in [0.5, 0.6) is 0 Å². The fourth-order valence-corrected chi connectivity index (χ4v) is 1.21. The van der Waals surface area contributed by atoms with Crippen LogP contribution in [0.2, 0.25) is 0 Å². The van der Waals surface area contributed by atoms with Crippen LogP contribution < -0.4 is 0 Å². The zero-order valence-electron chi connectivity index (χ0n) is 9.00. The van der Waals surface area contributed by atoms with E-state index in [0.29, 0.717) is 12.0 Å². The molecular formula is C12H15FO2. The van der Waals surface area contributed by atoms with Crippen molar-refractivity contribution in [3.63, 3.8) is 0 Å². The third-order valence-electron chi connectivity index (χ3n) is 2.25. The predicted octanol–water partition coefficient (Wildman–Crippen LogP) is 2.71. The summed E-state index contributed by atoms with van der Waals surface area (Å²) in [6, 6.07) is 6.40. The van der Waals surface area contributed by atoms with E-state index in [1.807, 2.05) is 0 Å². The minimum atomic E-state index is -0.463. The van der Waals surface area contributed by atoms with E-state index in [9.17, 15) is 9.18 Å². The van der Waals surface area contributed by atoms with Crippen LogP contribution in [0.25, 0.3) is 0 Å². The molecule has 0 fully saturated rings. The van der Waals surface area contributed by atoms with Crippen LogP contribution >= 0.6 is 0 Å². The second kappa shape index (κ2) is 5.61. The maximum atomic E-state index is 13.2. The minimum absolute atomic E-state index is 0.0336. The molecule has 0 aromatic heterocycles. The Hall–Kier alpha value is -1.22. The van der Waals surface area contributed by atoms with Gasteiger partial charge in [-0.1, -0.05) is 25.1 Å². The average molecular weight is 210 g/mol. The molecule has 1 atom stereocenters. The van der Waals surface area contributed by atoms with Crippen molar-refractivity contribution in [2.45, 2.75) is 33.0 Å². The van der Waals surface area contributed by atoms with Gasteiger partial charge in [-0.3, -0.25) is 4.79 Å². The Morgan fingerprint density at radius 1 is 1.47 bits per heavy atom. The molecule has 82 valence electrons. The van der Waals surface area contributed by atoms with E-state index < -0.39 is 6.10 Å². The van der Waals surface area contributed by atoms with Gasteiger partial charge in [0.25, 0.3) is 0 Å². The third-order valence-corrected chi connectivity index (χ3v) is 2.25. The van der Waals surface area contributed by atoms with E-state index in [4.69, 9.17) is 4.74 Å². The maximum absolute atomic E-state index is 13.2. The first-order valence-electron chi connectivity index (χ1n) is 5.03. The highest BCUT2D eigenvalue weighted by Crippen LogP contribution is 2.09. The molecule has 0 saturated carbocycles. The van der Waals surface area contributed by atoms with Gasteiger partial charge in [-0.25, -0.2) is 4.39 Å². The Balaban J connectivity index is 2.50. The molecule has 0 N–H and O–H groups in total. The Bertz CT molecular complexity index is 336. The molecule has 0 saturated heterocycles. The Morgan fingerprint density at radius 3 is 2.73 bits per heavy atom. The molecule has 0 radical (unpaired) electrons. The topological polar surface area (TPSA) is 26.3 Å². The first-order chi connectivity index (χ1) is 7.15. The van der Waals surface area contributed by atoms with Crippen molar-refractivity contribution in [2.24, 2.45) is 0 Å². The first kappa shape index (κ1) is 11.9. The molecular weight excluding hydrogens is 195 g/mol. The van der Waals surface area contributed by atoms with Crippen molar-refractivity contribution in [3.05, 3.63) is 35.6 Å². The summed E-state index contributed by atoms with van der Waals surface area (Å²) < 4.78 is 18.4. The van der Waals surface area contributed by atoms with E-state index in [2.05, 4.69) is 0 Å². The van der Waals surface area contributed by atoms with E-state index in [-0.39, 0.29) is 18.2 Å². The molecule has 0 bridgehead atoms. The van der Waals surface area contributed by atoms with Gasteiger partial charge in [0, 0.05) is 12.0 Å². The van der Waals surface area contributed by atoms with Gasteiger partial charge in [0.05, 0.1) is 6.61 Å². The number of ketones is 1. The summed E-state index contributed by atoms with van der Waals surface area (Å²) in [5.41, 5.74) is 0.480. The lowest BCUT2D eigenvalue weighted by molar-refractivity contribution is -0.129. The zero-order valence-corrected chi connectivity index (χ0v) is 9.00. The van der Waals surface area contributed by atoms with Gasteiger partial charge in [-0.15, -0.1) is 0 Å². The fraction of sp³-hybridized carbons (Fsp3) is 0.417. The number of benzene rings is 1. The smallest absolute Gasteiger partial charge is 0.161 e. The highest BCUT2D eigenvalue weighted by molar-refractivity contribution is 5.82. The van der Waals surface area contributed by atoms with Gasteiger partial charge < -0.3 is 4.74 Å². The molecule has 0 spiro atoms. The van der Waals surface area contributed by atoms with Gasteiger partial charge in [-0.2, -0.15) is 0 Å². The Morgan fingerprint density at radius 2 is 2.13 bits per heavy atom. The number of hydrogen-bond acceptors (Lipinski definition) is 2. The summed E-state index contributed by atoms with van der Waals surface area (Å²) in [6.45, 7) is 3.61. The normalized spacial score (nSPS) is 12.5. The van der Waals surface area contributed by atoms with Crippen LogP contribution in [-0.4, -0.2) is 11.9 Å². The molecule has 0 heterocycles. The lowest BCUT2D eigenvalue weighted by atomic mass is 10.2. The van der Waals surface area contributed by atoms with Crippen LogP contribution in [0, 0.1) is 5.82 Å². The Labute approximate surface area is 89.1 Å². The SMILES string of the molecule is CCC(=O)C(C)OCc1ccccc1F. The van der Waals surface area contributed by atoms with Crippen LogP contribution in [0.1, 0.15) is 25.8 Å². The quantitative estimate of drug-likeness (QED) is 0.747. The minimum Gasteiger partial charge on any atom is -0.366 e. The largest absolute Gasteiger partial charge is 0.366 e. The molecule has 0 amide bonds. The van der Waals surface area contributed by atoms with Crippen LogP contribution in [0.4, 0.5) is 4.39 Å². The second-order valence-electron chi connectivity index (χ2n) is 3.36. The second-order valence-corrected chi connectivity index (χ2v) is 3.36. The van der Waals surface area contributed by atoms with E-state index in [0.717, 1.165) is 0 Å². The van der Waals surface area contributed by atoms with Gasteiger partial charge in [0.2, 0.25) is 0 Å². The number of carbonyl (C=O) groups is 1. The monoisotopic (exact) mass is 210 g/mol. The van der Waals surface area contributed by atoms with Crippen LogP contribution in [-0.2, 0) is 16.1 Å². The van der Waals surface area contributed by atoms with Crippen molar-refractivity contribution in [3.8, 4) is 0 Å². The van der Waals surface area contributed by atoms with Gasteiger partial charge in [0.1, 0.15) is 11.9 Å². The number of Topliss-reactive ketones (excluding diaryl/α,β-unsaturated/α-hetero) is 1. The molecule has 0 aliphatic heterocycles. The molecule has 1 aromatic carbocycles. The summed E-state index contributed by atoms with van der Waals surface area (Å²) in [5.74, 6) is -0.264. The molecule has 1 aromatic rings. The van der Waals surface area contributed by atoms with E-state index in [1.54, 1.807) is 32.0 Å². The molecule has 1 rings (SSSR count). The summed E-state index contributed by atoms with van der Waals surface area (Å²) in [4.78, 5) is 11.2. The highest BCUT2D eigenvalue weighted by atomic mass is 19.1. The number of hydrogen-bond donors (Lipinski definition) is 0. The number of halogens is 1. The van der Waals surface area contributed by atoms with Crippen molar-refractivity contribution in [2.75, 3.05) is 0 Å². The van der Waals surface area contributed by atoms with Gasteiger partial charge in [-0.05, 0) is 13.0 Å². The average Bonchev–Trinajstić information content (AvgIpc) is 2.26. The molecule has 2 nitrogen and oxygen atoms in total. The van der Waals surface area contributed by atoms with Crippen molar-refractivity contribution in [1.29, 1.82) is 0 Å². The maximum Gasteiger partial charge on any atom is 0.161 e.